The maximum absolute atomic E-state index is 11.7. The van der Waals surface area contributed by atoms with Crippen LogP contribution in [0.15, 0.2) is 24.3 Å². The van der Waals surface area contributed by atoms with Gasteiger partial charge in [-0.3, -0.25) is 4.79 Å². The fraction of sp³-hybridized carbons (Fsp3) is 0.467. The van der Waals surface area contributed by atoms with Gasteiger partial charge < -0.3 is 9.80 Å². The fourth-order valence-electron chi connectivity index (χ4n) is 2.61. The van der Waals surface area contributed by atoms with Gasteiger partial charge in [0, 0.05) is 32.6 Å². The number of rotatable bonds is 3. The van der Waals surface area contributed by atoms with Gasteiger partial charge in [0.05, 0.1) is 5.69 Å². The number of carbonyl (C=O) groups excluding carboxylic acids is 1. The zero-order valence-electron chi connectivity index (χ0n) is 12.9. The molecule has 1 aliphatic heterocycles. The third-order valence-corrected chi connectivity index (χ3v) is 3.95. The Morgan fingerprint density at radius 3 is 2.45 bits per heavy atom. The molecule has 7 heteroatoms. The Morgan fingerprint density at radius 2 is 1.82 bits per heavy atom. The van der Waals surface area contributed by atoms with E-state index in [9.17, 15) is 4.79 Å². The highest BCUT2D eigenvalue weighted by molar-refractivity contribution is 5.76. The van der Waals surface area contributed by atoms with Crippen molar-refractivity contribution >= 4 is 11.9 Å². The number of carbonyl (C=O) groups is 1. The summed E-state index contributed by atoms with van der Waals surface area (Å²) >= 11 is 0. The van der Waals surface area contributed by atoms with Gasteiger partial charge in [0.15, 0.2) is 0 Å². The summed E-state index contributed by atoms with van der Waals surface area (Å²) in [5, 5.41) is 12.1. The van der Waals surface area contributed by atoms with E-state index in [1.54, 1.807) is 4.68 Å². The number of aryl methyl sites for hydroxylation is 1. The molecule has 0 N–H and O–H groups in total. The average Bonchev–Trinajstić information content (AvgIpc) is 3.04. The van der Waals surface area contributed by atoms with Crippen molar-refractivity contribution in [3.8, 4) is 5.69 Å². The van der Waals surface area contributed by atoms with Crippen LogP contribution in [0, 0.1) is 6.92 Å². The summed E-state index contributed by atoms with van der Waals surface area (Å²) in [6.45, 7) is 6.87. The van der Waals surface area contributed by atoms with Crippen molar-refractivity contribution in [1.82, 2.24) is 25.1 Å². The maximum Gasteiger partial charge on any atom is 0.250 e. The Hall–Kier alpha value is -2.44. The van der Waals surface area contributed by atoms with E-state index in [1.165, 1.54) is 5.56 Å². The number of nitrogens with zero attached hydrogens (tertiary/aromatic N) is 6. The molecule has 0 radical (unpaired) electrons. The molecule has 0 saturated carbocycles. The molecule has 0 aliphatic carbocycles. The minimum absolute atomic E-state index is 0.206. The predicted molar refractivity (Wildman–Crippen MR) is 83.0 cm³/mol. The SMILES string of the molecule is CCC(=O)N1CCN(c2nnnn2-c2ccc(C)cc2)CC1. The topological polar surface area (TPSA) is 67.2 Å². The molecule has 1 saturated heterocycles. The van der Waals surface area contributed by atoms with Gasteiger partial charge in [0.25, 0.3) is 0 Å². The Kier molecular flexibility index (Phi) is 4.04. The molecule has 116 valence electrons. The van der Waals surface area contributed by atoms with E-state index in [4.69, 9.17) is 0 Å². The van der Waals surface area contributed by atoms with E-state index in [2.05, 4.69) is 20.4 Å². The summed E-state index contributed by atoms with van der Waals surface area (Å²) in [4.78, 5) is 15.8. The van der Waals surface area contributed by atoms with Crippen LogP contribution in [0.3, 0.4) is 0 Å². The van der Waals surface area contributed by atoms with Gasteiger partial charge in [-0.05, 0) is 29.5 Å². The summed E-state index contributed by atoms with van der Waals surface area (Å²) in [5.74, 6) is 0.935. The Labute approximate surface area is 129 Å². The largest absolute Gasteiger partial charge is 0.339 e. The van der Waals surface area contributed by atoms with Gasteiger partial charge >= 0.3 is 0 Å². The molecule has 2 heterocycles. The molecule has 1 aliphatic rings. The van der Waals surface area contributed by atoms with Crippen LogP contribution in [-0.4, -0.2) is 57.2 Å². The van der Waals surface area contributed by atoms with Gasteiger partial charge in [-0.1, -0.05) is 29.7 Å². The molecule has 1 fully saturated rings. The van der Waals surface area contributed by atoms with Crippen LogP contribution < -0.4 is 4.90 Å². The normalized spacial score (nSPS) is 15.2. The van der Waals surface area contributed by atoms with Crippen molar-refractivity contribution < 1.29 is 4.79 Å². The van der Waals surface area contributed by atoms with Crippen molar-refractivity contribution in [3.05, 3.63) is 29.8 Å². The summed E-state index contributed by atoms with van der Waals surface area (Å²) < 4.78 is 1.75. The lowest BCUT2D eigenvalue weighted by Gasteiger charge is -2.34. The number of tetrazole rings is 1. The standard InChI is InChI=1S/C15H20N6O/c1-3-14(22)19-8-10-20(11-9-19)15-16-17-18-21(15)13-6-4-12(2)5-7-13/h4-7H,3,8-11H2,1-2H3. The lowest BCUT2D eigenvalue weighted by Crippen LogP contribution is -2.49. The summed E-state index contributed by atoms with van der Waals surface area (Å²) in [5.41, 5.74) is 2.14. The van der Waals surface area contributed by atoms with Crippen LogP contribution in [0.5, 0.6) is 0 Å². The van der Waals surface area contributed by atoms with E-state index in [0.29, 0.717) is 19.5 Å². The summed E-state index contributed by atoms with van der Waals surface area (Å²) in [7, 11) is 0. The minimum Gasteiger partial charge on any atom is -0.339 e. The van der Waals surface area contributed by atoms with Gasteiger partial charge in [-0.15, -0.1) is 0 Å². The summed E-state index contributed by atoms with van der Waals surface area (Å²) in [6, 6.07) is 8.09. The molecule has 0 atom stereocenters. The molecule has 3 rings (SSSR count). The highest BCUT2D eigenvalue weighted by Crippen LogP contribution is 2.17. The third kappa shape index (κ3) is 2.79. The highest BCUT2D eigenvalue weighted by Gasteiger charge is 2.24. The molecular weight excluding hydrogens is 280 g/mol. The zero-order valence-corrected chi connectivity index (χ0v) is 12.9. The quantitative estimate of drug-likeness (QED) is 0.847. The van der Waals surface area contributed by atoms with E-state index in [1.807, 2.05) is 43.0 Å². The molecule has 22 heavy (non-hydrogen) atoms. The molecule has 1 amide bonds. The van der Waals surface area contributed by atoms with E-state index in [-0.39, 0.29) is 5.91 Å². The first-order chi connectivity index (χ1) is 10.7. The van der Waals surface area contributed by atoms with Crippen LogP contribution in [-0.2, 0) is 4.79 Å². The fourth-order valence-corrected chi connectivity index (χ4v) is 2.61. The second-order valence-electron chi connectivity index (χ2n) is 5.45. The van der Waals surface area contributed by atoms with Gasteiger partial charge in [0.1, 0.15) is 0 Å². The number of aromatic nitrogens is 4. The zero-order chi connectivity index (χ0) is 15.5. The second kappa shape index (κ2) is 6.13. The van der Waals surface area contributed by atoms with E-state index in [0.717, 1.165) is 24.7 Å². The van der Waals surface area contributed by atoms with Crippen molar-refractivity contribution in [2.45, 2.75) is 20.3 Å². The Balaban J connectivity index is 1.76. The highest BCUT2D eigenvalue weighted by atomic mass is 16.2. The molecule has 0 bridgehead atoms. The van der Waals surface area contributed by atoms with Crippen LogP contribution in [0.25, 0.3) is 5.69 Å². The Morgan fingerprint density at radius 1 is 1.14 bits per heavy atom. The monoisotopic (exact) mass is 300 g/mol. The van der Waals surface area contributed by atoms with Crippen LogP contribution in [0.1, 0.15) is 18.9 Å². The van der Waals surface area contributed by atoms with Gasteiger partial charge in [-0.2, -0.15) is 4.68 Å². The smallest absolute Gasteiger partial charge is 0.250 e. The molecule has 0 unspecified atom stereocenters. The third-order valence-electron chi connectivity index (χ3n) is 3.95. The number of amides is 1. The molecule has 1 aromatic heterocycles. The number of anilines is 1. The van der Waals surface area contributed by atoms with Crippen LogP contribution in [0.2, 0.25) is 0 Å². The molecule has 1 aromatic carbocycles. The first-order valence-electron chi connectivity index (χ1n) is 7.57. The number of benzene rings is 1. The molecule has 0 spiro atoms. The maximum atomic E-state index is 11.7. The predicted octanol–water partition coefficient (Wildman–Crippen LogP) is 1.03. The lowest BCUT2D eigenvalue weighted by molar-refractivity contribution is -0.131. The molecule has 2 aromatic rings. The van der Waals surface area contributed by atoms with Crippen molar-refractivity contribution in [3.63, 3.8) is 0 Å². The minimum atomic E-state index is 0.206. The van der Waals surface area contributed by atoms with E-state index >= 15 is 0 Å². The second-order valence-corrected chi connectivity index (χ2v) is 5.45. The van der Waals surface area contributed by atoms with Crippen molar-refractivity contribution in [1.29, 1.82) is 0 Å². The Bertz CT molecular complexity index is 642. The lowest BCUT2D eigenvalue weighted by atomic mass is 10.2. The van der Waals surface area contributed by atoms with Gasteiger partial charge in [0.2, 0.25) is 11.9 Å². The number of hydrogen-bond acceptors (Lipinski definition) is 5. The molecular formula is C15H20N6O. The van der Waals surface area contributed by atoms with Gasteiger partial charge in [-0.25, -0.2) is 0 Å². The average molecular weight is 300 g/mol. The van der Waals surface area contributed by atoms with Crippen molar-refractivity contribution in [2.75, 3.05) is 31.1 Å². The first-order valence-corrected chi connectivity index (χ1v) is 7.57. The number of hydrogen-bond donors (Lipinski definition) is 0. The molecule has 7 nitrogen and oxygen atoms in total. The summed E-state index contributed by atoms with van der Waals surface area (Å²) in [6.07, 6.45) is 0.557. The van der Waals surface area contributed by atoms with Crippen LogP contribution >= 0.6 is 0 Å². The number of piperazine rings is 1. The van der Waals surface area contributed by atoms with E-state index < -0.39 is 0 Å². The van der Waals surface area contributed by atoms with Crippen LogP contribution in [0.4, 0.5) is 5.95 Å². The first kappa shape index (κ1) is 14.5. The van der Waals surface area contributed by atoms with Crippen molar-refractivity contribution in [2.24, 2.45) is 0 Å².